The molecule has 0 N–H and O–H groups in total. The van der Waals surface area contributed by atoms with Gasteiger partial charge in [0.2, 0.25) is 10.0 Å². The molecule has 1 amide bonds. The van der Waals surface area contributed by atoms with Gasteiger partial charge in [0.15, 0.2) is 0 Å². The van der Waals surface area contributed by atoms with Crippen LogP contribution in [0.25, 0.3) is 5.53 Å². The number of nitrogens with zero attached hydrogens (tertiary/aromatic N) is 3. The summed E-state index contributed by atoms with van der Waals surface area (Å²) in [5.41, 5.74) is 8.18. The van der Waals surface area contributed by atoms with Crippen molar-refractivity contribution in [2.24, 2.45) is 16.7 Å². The van der Waals surface area contributed by atoms with E-state index in [-0.39, 0.29) is 28.3 Å². The van der Waals surface area contributed by atoms with Gasteiger partial charge in [-0.1, -0.05) is 13.8 Å². The van der Waals surface area contributed by atoms with Crippen molar-refractivity contribution >= 4 is 21.6 Å². The van der Waals surface area contributed by atoms with Gasteiger partial charge in [0.1, 0.15) is 0 Å². The predicted molar refractivity (Wildman–Crippen MR) is 72.3 cm³/mol. The molecule has 3 rings (SSSR count). The van der Waals surface area contributed by atoms with Crippen LogP contribution in [-0.4, -0.2) is 40.9 Å². The molecule has 3 atom stereocenters. The minimum atomic E-state index is -3.62. The van der Waals surface area contributed by atoms with E-state index in [1.807, 2.05) is 0 Å². The highest BCUT2D eigenvalue weighted by Crippen LogP contribution is 2.69. The second-order valence-corrected chi connectivity index (χ2v) is 8.75. The van der Waals surface area contributed by atoms with E-state index in [1.54, 1.807) is 0 Å². The van der Waals surface area contributed by atoms with E-state index in [2.05, 4.69) is 18.6 Å². The number of hydrogen-bond donors (Lipinski definition) is 0. The third-order valence-corrected chi connectivity index (χ3v) is 7.97. The van der Waals surface area contributed by atoms with Crippen molar-refractivity contribution in [3.8, 4) is 0 Å². The molecular weight excluding hydrogens is 278 g/mol. The van der Waals surface area contributed by atoms with Crippen LogP contribution < -0.4 is 0 Å². The van der Waals surface area contributed by atoms with Gasteiger partial charge in [0.25, 0.3) is 0 Å². The average molecular weight is 297 g/mol. The quantitative estimate of drug-likeness (QED) is 0.411. The first-order valence-corrected chi connectivity index (χ1v) is 8.53. The molecule has 1 saturated heterocycles. The van der Waals surface area contributed by atoms with Gasteiger partial charge in [-0.2, -0.15) is 4.79 Å². The Morgan fingerprint density at radius 3 is 2.60 bits per heavy atom. The number of fused-ring (bicyclic) bond motifs is 1. The van der Waals surface area contributed by atoms with Gasteiger partial charge in [-0.05, 0) is 30.6 Å². The van der Waals surface area contributed by atoms with E-state index in [4.69, 9.17) is 5.53 Å². The van der Waals surface area contributed by atoms with Gasteiger partial charge in [0.05, 0.1) is 11.8 Å². The number of carbonyl (C=O) groups excluding carboxylic acids is 1. The molecule has 0 unspecified atom stereocenters. The first kappa shape index (κ1) is 13.8. The lowest BCUT2D eigenvalue weighted by Gasteiger charge is -2.36. The zero-order valence-corrected chi connectivity index (χ0v) is 12.8. The van der Waals surface area contributed by atoms with Crippen molar-refractivity contribution in [2.45, 2.75) is 46.1 Å². The molecule has 0 aromatic heterocycles. The summed E-state index contributed by atoms with van der Waals surface area (Å²) >= 11 is 0. The first-order chi connectivity index (χ1) is 9.17. The fourth-order valence-corrected chi connectivity index (χ4v) is 7.32. The van der Waals surface area contributed by atoms with E-state index < -0.39 is 15.9 Å². The Bertz CT molecular complexity index is 648. The zero-order chi connectivity index (χ0) is 14.9. The summed E-state index contributed by atoms with van der Waals surface area (Å²) in [6.45, 7) is 5.59. The second kappa shape index (κ2) is 3.71. The van der Waals surface area contributed by atoms with Gasteiger partial charge in [-0.25, -0.2) is 12.7 Å². The van der Waals surface area contributed by atoms with Crippen molar-refractivity contribution in [3.05, 3.63) is 5.53 Å². The lowest BCUT2D eigenvalue weighted by Crippen LogP contribution is -2.46. The maximum atomic E-state index is 12.5. The summed E-state index contributed by atoms with van der Waals surface area (Å²) < 4.78 is 26.0. The van der Waals surface area contributed by atoms with Gasteiger partial charge in [-0.15, -0.1) is 0 Å². The third-order valence-electron chi connectivity index (χ3n) is 6.07. The van der Waals surface area contributed by atoms with Gasteiger partial charge < -0.3 is 5.53 Å². The maximum Gasteiger partial charge on any atom is 0.354 e. The molecule has 20 heavy (non-hydrogen) atoms. The molecule has 0 aromatic rings. The molecule has 0 radical (unpaired) electrons. The molecule has 1 spiro atoms. The molecule has 110 valence electrons. The van der Waals surface area contributed by atoms with Crippen LogP contribution in [0.2, 0.25) is 0 Å². The van der Waals surface area contributed by atoms with E-state index in [0.29, 0.717) is 5.92 Å². The summed E-state index contributed by atoms with van der Waals surface area (Å²) in [6.07, 6.45) is 2.62. The number of carbonyl (C=O) groups is 1. The predicted octanol–water partition coefficient (Wildman–Crippen LogP) is 1.04. The Labute approximate surface area is 118 Å². The van der Waals surface area contributed by atoms with Gasteiger partial charge >= 0.3 is 11.6 Å². The minimum Gasteiger partial charge on any atom is -0.361 e. The highest BCUT2D eigenvalue weighted by atomic mass is 32.2. The van der Waals surface area contributed by atoms with Crippen molar-refractivity contribution in [1.82, 2.24) is 4.31 Å². The van der Waals surface area contributed by atoms with E-state index >= 15 is 0 Å². The topological polar surface area (TPSA) is 90.8 Å². The largest absolute Gasteiger partial charge is 0.361 e. The maximum absolute atomic E-state index is 12.5. The molecule has 0 aromatic carbocycles. The Kier molecular flexibility index (Phi) is 2.55. The van der Waals surface area contributed by atoms with E-state index in [9.17, 15) is 13.2 Å². The summed E-state index contributed by atoms with van der Waals surface area (Å²) in [5.74, 6) is -0.180. The molecule has 1 aliphatic heterocycles. The molecule has 6 nitrogen and oxygen atoms in total. The monoisotopic (exact) mass is 297 g/mol. The number of sulfonamides is 1. The van der Waals surface area contributed by atoms with Gasteiger partial charge in [-0.3, -0.25) is 4.79 Å². The summed E-state index contributed by atoms with van der Waals surface area (Å²) in [6, 6.07) is -0.273. The highest BCUT2D eigenvalue weighted by Gasteiger charge is 2.72. The van der Waals surface area contributed by atoms with Crippen molar-refractivity contribution < 1.29 is 18.0 Å². The van der Waals surface area contributed by atoms with Crippen molar-refractivity contribution in [3.63, 3.8) is 0 Å². The SMILES string of the molecule is CC(=[N+]=[N-])C(=O)N1[C@@H]2C[C@H]3CC[C@]2(CS1(=O)=O)C3(C)C. The Hall–Kier alpha value is -1.20. The van der Waals surface area contributed by atoms with Crippen LogP contribution in [0, 0.1) is 16.7 Å². The minimum absolute atomic E-state index is 0.0403. The molecular formula is C13H19N3O3S. The fraction of sp³-hybridized carbons (Fsp3) is 0.846. The molecule has 1 heterocycles. The van der Waals surface area contributed by atoms with E-state index in [1.165, 1.54) is 6.92 Å². The van der Waals surface area contributed by atoms with Crippen LogP contribution in [-0.2, 0) is 14.8 Å². The van der Waals surface area contributed by atoms with Gasteiger partial charge in [0, 0.05) is 12.3 Å². The average Bonchev–Trinajstić information content (AvgIpc) is 2.83. The van der Waals surface area contributed by atoms with Crippen LogP contribution >= 0.6 is 0 Å². The molecule has 3 aliphatic rings. The number of rotatable bonds is 1. The lowest BCUT2D eigenvalue weighted by molar-refractivity contribution is -0.126. The Morgan fingerprint density at radius 1 is 1.40 bits per heavy atom. The van der Waals surface area contributed by atoms with Crippen molar-refractivity contribution in [1.29, 1.82) is 0 Å². The molecule has 2 aliphatic carbocycles. The van der Waals surface area contributed by atoms with Crippen LogP contribution in [0.15, 0.2) is 0 Å². The van der Waals surface area contributed by atoms with Crippen LogP contribution in [0.5, 0.6) is 0 Å². The molecule has 2 saturated carbocycles. The summed E-state index contributed by atoms with van der Waals surface area (Å²) in [5, 5.41) is 0. The Morgan fingerprint density at radius 2 is 2.05 bits per heavy atom. The molecule has 7 heteroatoms. The molecule has 3 fully saturated rings. The van der Waals surface area contributed by atoms with Crippen LogP contribution in [0.4, 0.5) is 0 Å². The fourth-order valence-electron chi connectivity index (χ4n) is 4.76. The third kappa shape index (κ3) is 1.35. The van der Waals surface area contributed by atoms with Crippen molar-refractivity contribution in [2.75, 3.05) is 5.75 Å². The standard InChI is InChI=1S/C13H19N3O3S/c1-8(15-14)11(17)16-10-6-9-4-5-13(10,12(9,2)3)7-20(16,18)19/h9-10H,4-7H2,1-3H3/t9-,10-,13-/m1/s1. The van der Waals surface area contributed by atoms with Crippen LogP contribution in [0.3, 0.4) is 0 Å². The summed E-state index contributed by atoms with van der Waals surface area (Å²) in [4.78, 5) is 15.1. The zero-order valence-electron chi connectivity index (χ0n) is 12.0. The normalized spacial score (nSPS) is 39.5. The van der Waals surface area contributed by atoms with E-state index in [0.717, 1.165) is 23.6 Å². The molecule has 2 bridgehead atoms. The number of hydrogen-bond acceptors (Lipinski definition) is 3. The van der Waals surface area contributed by atoms with Crippen LogP contribution in [0.1, 0.15) is 40.0 Å². The summed E-state index contributed by atoms with van der Waals surface area (Å²) in [7, 11) is -3.62. The highest BCUT2D eigenvalue weighted by molar-refractivity contribution is 7.90. The first-order valence-electron chi connectivity index (χ1n) is 6.92. The smallest absolute Gasteiger partial charge is 0.354 e. The number of amides is 1. The lowest BCUT2D eigenvalue weighted by atomic mass is 9.69. The second-order valence-electron chi connectivity index (χ2n) is 6.91. The Balaban J connectivity index is 2.12.